The molecule has 3 rings (SSSR count). The topological polar surface area (TPSA) is 45.2 Å². The van der Waals surface area contributed by atoms with Gasteiger partial charge in [0.1, 0.15) is 5.69 Å². The highest BCUT2D eigenvalue weighted by Gasteiger charge is 2.19. The first-order chi connectivity index (χ1) is 11.7. The Morgan fingerprint density at radius 1 is 1.38 bits per heavy atom. The van der Waals surface area contributed by atoms with E-state index in [0.717, 1.165) is 43.9 Å². The van der Waals surface area contributed by atoms with Gasteiger partial charge < -0.3 is 5.32 Å². The van der Waals surface area contributed by atoms with E-state index in [0.29, 0.717) is 5.69 Å². The third-order valence-corrected chi connectivity index (χ3v) is 5.28. The van der Waals surface area contributed by atoms with E-state index in [-0.39, 0.29) is 11.9 Å². The smallest absolute Gasteiger partial charge is 0.271 e. The SMILES string of the molecule is CCCc1nc(C(=O)N[C@@H](C)CN2CCc3ccccc3C2)cs1. The van der Waals surface area contributed by atoms with Crippen molar-refractivity contribution >= 4 is 17.2 Å². The van der Waals surface area contributed by atoms with Crippen molar-refractivity contribution in [3.05, 3.63) is 51.5 Å². The summed E-state index contributed by atoms with van der Waals surface area (Å²) in [6, 6.07) is 8.74. The summed E-state index contributed by atoms with van der Waals surface area (Å²) in [5, 5.41) is 6.00. The fourth-order valence-corrected chi connectivity index (χ4v) is 4.06. The molecule has 5 heteroatoms. The summed E-state index contributed by atoms with van der Waals surface area (Å²) in [6.07, 6.45) is 3.09. The summed E-state index contributed by atoms with van der Waals surface area (Å²) in [7, 11) is 0. The van der Waals surface area contributed by atoms with Gasteiger partial charge in [0.15, 0.2) is 0 Å². The molecule has 0 fully saturated rings. The monoisotopic (exact) mass is 343 g/mol. The summed E-state index contributed by atoms with van der Waals surface area (Å²) >= 11 is 1.58. The summed E-state index contributed by atoms with van der Waals surface area (Å²) < 4.78 is 0. The largest absolute Gasteiger partial charge is 0.347 e. The lowest BCUT2D eigenvalue weighted by atomic mass is 10.00. The van der Waals surface area contributed by atoms with Gasteiger partial charge in [0.25, 0.3) is 5.91 Å². The fraction of sp³-hybridized carbons (Fsp3) is 0.474. The van der Waals surface area contributed by atoms with Crippen LogP contribution in [0.4, 0.5) is 0 Å². The van der Waals surface area contributed by atoms with Gasteiger partial charge in [-0.25, -0.2) is 4.98 Å². The van der Waals surface area contributed by atoms with E-state index in [1.165, 1.54) is 11.1 Å². The molecule has 0 saturated carbocycles. The molecular formula is C19H25N3OS. The van der Waals surface area contributed by atoms with Crippen molar-refractivity contribution < 1.29 is 4.79 Å². The molecule has 128 valence electrons. The highest BCUT2D eigenvalue weighted by atomic mass is 32.1. The minimum absolute atomic E-state index is 0.0569. The number of hydrogen-bond donors (Lipinski definition) is 1. The molecule has 0 saturated heterocycles. The van der Waals surface area contributed by atoms with Gasteiger partial charge in [0.2, 0.25) is 0 Å². The Balaban J connectivity index is 1.52. The summed E-state index contributed by atoms with van der Waals surface area (Å²) in [5.74, 6) is -0.0569. The number of nitrogens with one attached hydrogen (secondary N) is 1. The minimum atomic E-state index is -0.0569. The van der Waals surface area contributed by atoms with Crippen molar-refractivity contribution in [2.75, 3.05) is 13.1 Å². The van der Waals surface area contributed by atoms with Crippen LogP contribution in [-0.4, -0.2) is 34.9 Å². The zero-order valence-electron chi connectivity index (χ0n) is 14.4. The molecule has 0 spiro atoms. The second-order valence-corrected chi connectivity index (χ2v) is 7.45. The lowest BCUT2D eigenvalue weighted by molar-refractivity contribution is 0.0922. The van der Waals surface area contributed by atoms with Gasteiger partial charge in [0, 0.05) is 31.1 Å². The maximum Gasteiger partial charge on any atom is 0.271 e. The van der Waals surface area contributed by atoms with Crippen molar-refractivity contribution in [3.63, 3.8) is 0 Å². The third kappa shape index (κ3) is 4.22. The van der Waals surface area contributed by atoms with Crippen LogP contribution in [-0.2, 0) is 19.4 Å². The number of nitrogens with zero attached hydrogens (tertiary/aromatic N) is 2. The van der Waals surface area contributed by atoms with Crippen molar-refractivity contribution in [2.24, 2.45) is 0 Å². The Kier molecular flexibility index (Phi) is 5.63. The highest BCUT2D eigenvalue weighted by molar-refractivity contribution is 7.09. The second-order valence-electron chi connectivity index (χ2n) is 6.50. The number of hydrogen-bond acceptors (Lipinski definition) is 4. The number of thiazole rings is 1. The molecule has 0 aliphatic carbocycles. The number of aryl methyl sites for hydroxylation is 1. The molecule has 24 heavy (non-hydrogen) atoms. The minimum Gasteiger partial charge on any atom is -0.347 e. The normalized spacial score (nSPS) is 15.8. The van der Waals surface area contributed by atoms with Crippen molar-refractivity contribution in [1.82, 2.24) is 15.2 Å². The third-order valence-electron chi connectivity index (χ3n) is 4.37. The van der Waals surface area contributed by atoms with Gasteiger partial charge in [-0.3, -0.25) is 9.69 Å². The van der Waals surface area contributed by atoms with Crippen LogP contribution in [0, 0.1) is 0 Å². The maximum absolute atomic E-state index is 12.3. The number of aromatic nitrogens is 1. The first-order valence-electron chi connectivity index (χ1n) is 8.70. The lowest BCUT2D eigenvalue weighted by Crippen LogP contribution is -2.43. The summed E-state index contributed by atoms with van der Waals surface area (Å²) in [6.45, 7) is 7.08. The van der Waals surface area contributed by atoms with Crippen LogP contribution in [0.2, 0.25) is 0 Å². The van der Waals surface area contributed by atoms with Crippen LogP contribution in [0.3, 0.4) is 0 Å². The van der Waals surface area contributed by atoms with E-state index in [4.69, 9.17) is 0 Å². The van der Waals surface area contributed by atoms with Crippen LogP contribution in [0.1, 0.15) is 46.9 Å². The number of carbonyl (C=O) groups excluding carboxylic acids is 1. The Morgan fingerprint density at radius 3 is 2.96 bits per heavy atom. The molecule has 0 bridgehead atoms. The molecule has 1 N–H and O–H groups in total. The van der Waals surface area contributed by atoms with Crippen molar-refractivity contribution in [2.45, 2.75) is 45.7 Å². The molecule has 1 atom stereocenters. The van der Waals surface area contributed by atoms with Gasteiger partial charge >= 0.3 is 0 Å². The van der Waals surface area contributed by atoms with Gasteiger partial charge in [0.05, 0.1) is 5.01 Å². The van der Waals surface area contributed by atoms with Crippen LogP contribution in [0.5, 0.6) is 0 Å². The van der Waals surface area contributed by atoms with E-state index in [1.54, 1.807) is 11.3 Å². The molecule has 1 aliphatic rings. The van der Waals surface area contributed by atoms with Gasteiger partial charge in [-0.05, 0) is 37.3 Å². The van der Waals surface area contributed by atoms with Crippen molar-refractivity contribution in [1.29, 1.82) is 0 Å². The first kappa shape index (κ1) is 17.1. The van der Waals surface area contributed by atoms with Gasteiger partial charge in [-0.1, -0.05) is 31.2 Å². The van der Waals surface area contributed by atoms with Crippen LogP contribution >= 0.6 is 11.3 Å². The zero-order valence-corrected chi connectivity index (χ0v) is 15.2. The lowest BCUT2D eigenvalue weighted by Gasteiger charge is -2.31. The Bertz CT molecular complexity index is 697. The molecule has 2 aromatic rings. The predicted octanol–water partition coefficient (Wildman–Crippen LogP) is 3.27. The molecule has 0 radical (unpaired) electrons. The standard InChI is InChI=1S/C19H25N3OS/c1-3-6-18-21-17(13-24-18)19(23)20-14(2)11-22-10-9-15-7-4-5-8-16(15)12-22/h4-5,7-8,13-14H,3,6,9-12H2,1-2H3,(H,20,23)/t14-/m0/s1. The van der Waals surface area contributed by atoms with Gasteiger partial charge in [-0.2, -0.15) is 0 Å². The average molecular weight is 343 g/mol. The van der Waals surface area contributed by atoms with E-state index in [9.17, 15) is 4.79 Å². The Hall–Kier alpha value is -1.72. The second kappa shape index (κ2) is 7.90. The molecule has 2 heterocycles. The molecule has 1 aromatic carbocycles. The predicted molar refractivity (Wildman–Crippen MR) is 98.5 cm³/mol. The van der Waals surface area contributed by atoms with E-state index >= 15 is 0 Å². The molecular weight excluding hydrogens is 318 g/mol. The number of fused-ring (bicyclic) bond motifs is 1. The van der Waals surface area contributed by atoms with Gasteiger partial charge in [-0.15, -0.1) is 11.3 Å². The maximum atomic E-state index is 12.3. The summed E-state index contributed by atoms with van der Waals surface area (Å²) in [5.41, 5.74) is 3.42. The van der Waals surface area contributed by atoms with Crippen molar-refractivity contribution in [3.8, 4) is 0 Å². The Morgan fingerprint density at radius 2 is 2.17 bits per heavy atom. The molecule has 1 aromatic heterocycles. The summed E-state index contributed by atoms with van der Waals surface area (Å²) in [4.78, 5) is 19.2. The Labute approximate surface area is 147 Å². The van der Waals surface area contributed by atoms with Crippen LogP contribution in [0.15, 0.2) is 29.6 Å². The number of carbonyl (C=O) groups is 1. The van der Waals surface area contributed by atoms with E-state index in [1.807, 2.05) is 5.38 Å². The molecule has 0 unspecified atom stereocenters. The molecule has 1 amide bonds. The average Bonchev–Trinajstić information content (AvgIpc) is 3.04. The first-order valence-corrected chi connectivity index (χ1v) is 9.58. The number of rotatable bonds is 6. The highest BCUT2D eigenvalue weighted by Crippen LogP contribution is 2.18. The molecule has 4 nitrogen and oxygen atoms in total. The molecule has 1 aliphatic heterocycles. The van der Waals surface area contributed by atoms with E-state index < -0.39 is 0 Å². The number of benzene rings is 1. The van der Waals surface area contributed by atoms with E-state index in [2.05, 4.69) is 53.3 Å². The van der Waals surface area contributed by atoms with Crippen LogP contribution in [0.25, 0.3) is 0 Å². The van der Waals surface area contributed by atoms with Crippen LogP contribution < -0.4 is 5.32 Å². The fourth-order valence-electron chi connectivity index (χ4n) is 3.18. The number of amides is 1. The quantitative estimate of drug-likeness (QED) is 0.875. The zero-order chi connectivity index (χ0) is 16.9.